The molecule has 1 nitrogen and oxygen atoms in total. The average molecular weight is 263 g/mol. The van der Waals surface area contributed by atoms with Crippen molar-refractivity contribution in [2.45, 2.75) is 19.8 Å². The van der Waals surface area contributed by atoms with E-state index in [-0.39, 0.29) is 28.7 Å². The summed E-state index contributed by atoms with van der Waals surface area (Å²) >= 11 is 2.95. The first-order valence-corrected chi connectivity index (χ1v) is 4.93. The Morgan fingerprint density at radius 2 is 1.93 bits per heavy atom. The highest BCUT2D eigenvalue weighted by Gasteiger charge is 2.11. The van der Waals surface area contributed by atoms with Gasteiger partial charge in [-0.2, -0.15) is 0 Å². The quantitative estimate of drug-likeness (QED) is 0.765. The minimum absolute atomic E-state index is 0.0411. The van der Waals surface area contributed by atoms with Crippen LogP contribution in [-0.2, 0) is 11.2 Å². The number of halogens is 3. The van der Waals surface area contributed by atoms with E-state index >= 15 is 0 Å². The molecule has 0 aliphatic heterocycles. The lowest BCUT2D eigenvalue weighted by Crippen LogP contribution is -1.99. The van der Waals surface area contributed by atoms with Gasteiger partial charge in [-0.15, -0.1) is 0 Å². The van der Waals surface area contributed by atoms with Crippen molar-refractivity contribution >= 4 is 21.7 Å². The van der Waals surface area contributed by atoms with Crippen molar-refractivity contribution in [2.24, 2.45) is 0 Å². The molecule has 1 aromatic rings. The van der Waals surface area contributed by atoms with Gasteiger partial charge in [-0.25, -0.2) is 8.78 Å². The standard InChI is InChI=1S/C10H9BrF2O/c1-6(14)2-3-7-8(12)4-5-9(13)10(7)11/h4-5H,2-3H2,1H3. The number of hydrogen-bond acceptors (Lipinski definition) is 1. The van der Waals surface area contributed by atoms with Crippen LogP contribution in [-0.4, -0.2) is 5.78 Å². The first-order valence-electron chi connectivity index (χ1n) is 4.14. The van der Waals surface area contributed by atoms with E-state index < -0.39 is 11.6 Å². The summed E-state index contributed by atoms with van der Waals surface area (Å²) in [6.45, 7) is 1.42. The number of ketones is 1. The summed E-state index contributed by atoms with van der Waals surface area (Å²) in [4.78, 5) is 10.7. The maximum atomic E-state index is 13.2. The molecular weight excluding hydrogens is 254 g/mol. The molecule has 0 radical (unpaired) electrons. The Morgan fingerprint density at radius 3 is 2.50 bits per heavy atom. The summed E-state index contributed by atoms with van der Waals surface area (Å²) in [5.41, 5.74) is 0.222. The number of carbonyl (C=O) groups excluding carboxylic acids is 1. The highest BCUT2D eigenvalue weighted by Crippen LogP contribution is 2.24. The van der Waals surface area contributed by atoms with Gasteiger partial charge in [0.2, 0.25) is 0 Å². The summed E-state index contributed by atoms with van der Waals surface area (Å²) in [5, 5.41) is 0. The first kappa shape index (κ1) is 11.3. The lowest BCUT2D eigenvalue weighted by molar-refractivity contribution is -0.116. The Kier molecular flexibility index (Phi) is 3.75. The molecule has 1 rings (SSSR count). The minimum atomic E-state index is -0.509. The molecule has 4 heteroatoms. The van der Waals surface area contributed by atoms with Crippen molar-refractivity contribution in [1.29, 1.82) is 0 Å². The summed E-state index contributed by atoms with van der Waals surface area (Å²) in [6.07, 6.45) is 0.443. The zero-order valence-electron chi connectivity index (χ0n) is 7.61. The van der Waals surface area contributed by atoms with Gasteiger partial charge in [0.15, 0.2) is 0 Å². The van der Waals surface area contributed by atoms with Crippen LogP contribution in [0.4, 0.5) is 8.78 Å². The van der Waals surface area contributed by atoms with Gasteiger partial charge in [0.05, 0.1) is 4.47 Å². The second-order valence-corrected chi connectivity index (χ2v) is 3.82. The van der Waals surface area contributed by atoms with Crippen molar-refractivity contribution in [1.82, 2.24) is 0 Å². The van der Waals surface area contributed by atoms with Gasteiger partial charge in [-0.1, -0.05) is 0 Å². The zero-order chi connectivity index (χ0) is 10.7. The highest BCUT2D eigenvalue weighted by molar-refractivity contribution is 9.10. The maximum Gasteiger partial charge on any atom is 0.137 e. The molecule has 0 aromatic heterocycles. The third kappa shape index (κ3) is 2.61. The molecule has 0 aliphatic rings. The van der Waals surface area contributed by atoms with E-state index in [1.165, 1.54) is 6.92 Å². The van der Waals surface area contributed by atoms with E-state index in [1.54, 1.807) is 0 Å². The SMILES string of the molecule is CC(=O)CCc1c(F)ccc(F)c1Br. The van der Waals surface area contributed by atoms with Crippen LogP contribution in [0.1, 0.15) is 18.9 Å². The fraction of sp³-hybridized carbons (Fsp3) is 0.300. The summed E-state index contributed by atoms with van der Waals surface area (Å²) in [6, 6.07) is 2.12. The van der Waals surface area contributed by atoms with Gasteiger partial charge in [-0.3, -0.25) is 0 Å². The van der Waals surface area contributed by atoms with Crippen molar-refractivity contribution in [3.63, 3.8) is 0 Å². The third-order valence-corrected chi connectivity index (χ3v) is 2.72. The zero-order valence-corrected chi connectivity index (χ0v) is 9.20. The molecular formula is C10H9BrF2O. The lowest BCUT2D eigenvalue weighted by Gasteiger charge is -2.05. The number of rotatable bonds is 3. The topological polar surface area (TPSA) is 17.1 Å². The second-order valence-electron chi connectivity index (χ2n) is 3.02. The molecule has 0 spiro atoms. The Balaban J connectivity index is 2.95. The normalized spacial score (nSPS) is 10.3. The maximum absolute atomic E-state index is 13.2. The Hall–Kier alpha value is -0.770. The van der Waals surface area contributed by atoms with Crippen molar-refractivity contribution < 1.29 is 13.6 Å². The molecule has 0 atom stereocenters. The fourth-order valence-corrected chi connectivity index (χ4v) is 1.62. The van der Waals surface area contributed by atoms with Crippen LogP contribution in [0, 0.1) is 11.6 Å². The summed E-state index contributed by atoms with van der Waals surface area (Å²) in [5.74, 6) is -1.04. The third-order valence-electron chi connectivity index (χ3n) is 1.87. The molecule has 1 aromatic carbocycles. The Morgan fingerprint density at radius 1 is 1.36 bits per heavy atom. The molecule has 0 saturated carbocycles. The molecule has 76 valence electrons. The van der Waals surface area contributed by atoms with Crippen molar-refractivity contribution in [3.05, 3.63) is 33.8 Å². The van der Waals surface area contributed by atoms with Crippen LogP contribution in [0.3, 0.4) is 0 Å². The lowest BCUT2D eigenvalue weighted by atomic mass is 10.1. The predicted molar refractivity (Wildman–Crippen MR) is 53.1 cm³/mol. The van der Waals surface area contributed by atoms with E-state index in [9.17, 15) is 13.6 Å². The minimum Gasteiger partial charge on any atom is -0.300 e. The van der Waals surface area contributed by atoms with Gasteiger partial charge in [0.25, 0.3) is 0 Å². The van der Waals surface area contributed by atoms with Crippen molar-refractivity contribution in [2.75, 3.05) is 0 Å². The number of carbonyl (C=O) groups is 1. The van der Waals surface area contributed by atoms with Gasteiger partial charge in [0.1, 0.15) is 17.4 Å². The molecule has 0 heterocycles. The van der Waals surface area contributed by atoms with E-state index in [0.717, 1.165) is 12.1 Å². The molecule has 0 aliphatic carbocycles. The molecule has 0 amide bonds. The molecule has 0 unspecified atom stereocenters. The summed E-state index contributed by atoms with van der Waals surface area (Å²) in [7, 11) is 0. The molecule has 0 saturated heterocycles. The van der Waals surface area contributed by atoms with Crippen LogP contribution in [0.25, 0.3) is 0 Å². The van der Waals surface area contributed by atoms with E-state index in [0.29, 0.717) is 0 Å². The van der Waals surface area contributed by atoms with Crippen LogP contribution in [0.2, 0.25) is 0 Å². The average Bonchev–Trinajstić information content (AvgIpc) is 2.11. The van der Waals surface area contributed by atoms with Gasteiger partial charge in [-0.05, 0) is 41.4 Å². The van der Waals surface area contributed by atoms with Crippen LogP contribution < -0.4 is 0 Å². The van der Waals surface area contributed by atoms with Crippen LogP contribution >= 0.6 is 15.9 Å². The van der Waals surface area contributed by atoms with Crippen LogP contribution in [0.5, 0.6) is 0 Å². The Labute approximate surface area is 89.3 Å². The molecule has 0 fully saturated rings. The van der Waals surface area contributed by atoms with Crippen LogP contribution in [0.15, 0.2) is 16.6 Å². The van der Waals surface area contributed by atoms with Gasteiger partial charge in [0, 0.05) is 12.0 Å². The largest absolute Gasteiger partial charge is 0.300 e. The van der Waals surface area contributed by atoms with E-state index in [2.05, 4.69) is 15.9 Å². The first-order chi connectivity index (χ1) is 6.52. The summed E-state index contributed by atoms with van der Waals surface area (Å²) < 4.78 is 26.3. The monoisotopic (exact) mass is 262 g/mol. The fourth-order valence-electron chi connectivity index (χ4n) is 1.10. The predicted octanol–water partition coefficient (Wildman–Crippen LogP) is 3.25. The van der Waals surface area contributed by atoms with Gasteiger partial charge >= 0.3 is 0 Å². The van der Waals surface area contributed by atoms with E-state index in [4.69, 9.17) is 0 Å². The van der Waals surface area contributed by atoms with Crippen molar-refractivity contribution in [3.8, 4) is 0 Å². The molecule has 14 heavy (non-hydrogen) atoms. The van der Waals surface area contributed by atoms with E-state index in [1.807, 2.05) is 0 Å². The molecule has 0 bridgehead atoms. The highest BCUT2D eigenvalue weighted by atomic mass is 79.9. The van der Waals surface area contributed by atoms with Gasteiger partial charge < -0.3 is 4.79 Å². The Bertz CT molecular complexity index is 363. The second kappa shape index (κ2) is 4.64. The smallest absolute Gasteiger partial charge is 0.137 e. The number of Topliss-reactive ketones (excluding diaryl/α,β-unsaturated/α-hetero) is 1. The number of hydrogen-bond donors (Lipinski definition) is 0. The number of benzene rings is 1. The molecule has 0 N–H and O–H groups in total.